The molecule has 1 aromatic heterocycles. The molecule has 0 aliphatic carbocycles. The second-order valence-corrected chi connectivity index (χ2v) is 7.25. The molecule has 2 aromatic carbocycles. The fourth-order valence-electron chi connectivity index (χ4n) is 2.80. The second kappa shape index (κ2) is 9.46. The number of fused-ring (bicyclic) bond motifs is 1. The summed E-state index contributed by atoms with van der Waals surface area (Å²) < 4.78 is 16.4. The SMILES string of the molecule is CCOc1cc(C=C(C#N)c2nc3ccc(C)cc3[nH]2)c(Br)cc1OCC(=O)OC. The largest absolute Gasteiger partial charge is 0.490 e. The summed E-state index contributed by atoms with van der Waals surface area (Å²) in [5, 5.41) is 9.71. The zero-order valence-corrected chi connectivity index (χ0v) is 18.4. The molecule has 0 aliphatic heterocycles. The summed E-state index contributed by atoms with van der Waals surface area (Å²) in [4.78, 5) is 19.1. The molecule has 8 heteroatoms. The van der Waals surface area contributed by atoms with E-state index in [4.69, 9.17) is 9.47 Å². The minimum Gasteiger partial charge on any atom is -0.490 e. The Morgan fingerprint density at radius 2 is 2.03 bits per heavy atom. The van der Waals surface area contributed by atoms with Gasteiger partial charge in [-0.3, -0.25) is 0 Å². The number of esters is 1. The number of carbonyl (C=O) groups excluding carboxylic acids is 1. The van der Waals surface area contributed by atoms with Crippen molar-refractivity contribution in [1.29, 1.82) is 5.26 Å². The van der Waals surface area contributed by atoms with Gasteiger partial charge in [-0.15, -0.1) is 0 Å². The van der Waals surface area contributed by atoms with Crippen LogP contribution in [0, 0.1) is 18.3 Å². The number of nitrogens with one attached hydrogen (secondary N) is 1. The smallest absolute Gasteiger partial charge is 0.343 e. The Kier molecular flexibility index (Phi) is 6.75. The molecule has 7 nitrogen and oxygen atoms in total. The van der Waals surface area contributed by atoms with Gasteiger partial charge < -0.3 is 19.2 Å². The number of aromatic nitrogens is 2. The van der Waals surface area contributed by atoms with Crippen LogP contribution < -0.4 is 9.47 Å². The van der Waals surface area contributed by atoms with Crippen LogP contribution in [-0.4, -0.2) is 36.3 Å². The van der Waals surface area contributed by atoms with Gasteiger partial charge in [-0.25, -0.2) is 9.78 Å². The molecular formula is C22H20BrN3O4. The number of ether oxygens (including phenoxy) is 3. The topological polar surface area (TPSA) is 97.2 Å². The minimum atomic E-state index is -0.496. The van der Waals surface area contributed by atoms with Gasteiger partial charge in [-0.2, -0.15) is 5.26 Å². The zero-order valence-electron chi connectivity index (χ0n) is 16.8. The van der Waals surface area contributed by atoms with E-state index in [2.05, 4.69) is 36.7 Å². The predicted molar refractivity (Wildman–Crippen MR) is 117 cm³/mol. The van der Waals surface area contributed by atoms with E-state index in [1.54, 1.807) is 18.2 Å². The van der Waals surface area contributed by atoms with Crippen molar-refractivity contribution in [1.82, 2.24) is 9.97 Å². The molecule has 0 atom stereocenters. The van der Waals surface area contributed by atoms with Crippen LogP contribution in [0.4, 0.5) is 0 Å². The number of methoxy groups -OCH3 is 1. The van der Waals surface area contributed by atoms with Crippen LogP contribution in [-0.2, 0) is 9.53 Å². The molecular weight excluding hydrogens is 450 g/mol. The van der Waals surface area contributed by atoms with Gasteiger partial charge in [0.15, 0.2) is 18.1 Å². The van der Waals surface area contributed by atoms with E-state index >= 15 is 0 Å². The first kappa shape index (κ1) is 21.4. The van der Waals surface area contributed by atoms with Gasteiger partial charge in [0.05, 0.1) is 30.3 Å². The lowest BCUT2D eigenvalue weighted by Crippen LogP contribution is -2.13. The molecule has 1 N–H and O–H groups in total. The van der Waals surface area contributed by atoms with Crippen LogP contribution in [0.2, 0.25) is 0 Å². The van der Waals surface area contributed by atoms with Crippen LogP contribution in [0.15, 0.2) is 34.8 Å². The van der Waals surface area contributed by atoms with E-state index in [1.165, 1.54) is 7.11 Å². The Morgan fingerprint density at radius 3 is 2.73 bits per heavy atom. The molecule has 0 saturated carbocycles. The normalized spacial score (nSPS) is 11.2. The van der Waals surface area contributed by atoms with Gasteiger partial charge in [-0.05, 0) is 55.3 Å². The van der Waals surface area contributed by atoms with Crippen molar-refractivity contribution in [3.8, 4) is 17.6 Å². The third kappa shape index (κ3) is 4.81. The van der Waals surface area contributed by atoms with E-state index in [1.807, 2.05) is 32.0 Å². The third-order valence-corrected chi connectivity index (χ3v) is 4.94. The Labute approximate surface area is 182 Å². The molecule has 30 heavy (non-hydrogen) atoms. The van der Waals surface area contributed by atoms with Crippen LogP contribution >= 0.6 is 15.9 Å². The lowest BCUT2D eigenvalue weighted by atomic mass is 10.1. The van der Waals surface area contributed by atoms with Gasteiger partial charge in [0.2, 0.25) is 0 Å². The predicted octanol–water partition coefficient (Wildman–Crippen LogP) is 4.65. The number of allylic oxidation sites excluding steroid dienone is 1. The molecule has 0 amide bonds. The molecule has 0 fully saturated rings. The van der Waals surface area contributed by atoms with Crippen molar-refractivity contribution >= 4 is 44.6 Å². The highest BCUT2D eigenvalue weighted by atomic mass is 79.9. The summed E-state index contributed by atoms with van der Waals surface area (Å²) in [6.07, 6.45) is 1.71. The molecule has 0 unspecified atom stereocenters. The number of hydrogen-bond donors (Lipinski definition) is 1. The number of hydrogen-bond acceptors (Lipinski definition) is 6. The molecule has 0 radical (unpaired) electrons. The van der Waals surface area contributed by atoms with E-state index in [0.717, 1.165) is 16.6 Å². The summed E-state index contributed by atoms with van der Waals surface area (Å²) >= 11 is 3.49. The monoisotopic (exact) mass is 469 g/mol. The lowest BCUT2D eigenvalue weighted by Gasteiger charge is -2.13. The summed E-state index contributed by atoms with van der Waals surface area (Å²) in [6, 6.07) is 11.5. The summed E-state index contributed by atoms with van der Waals surface area (Å²) in [6.45, 7) is 4.02. The van der Waals surface area contributed by atoms with Crippen LogP contribution in [0.25, 0.3) is 22.7 Å². The first-order valence-electron chi connectivity index (χ1n) is 9.19. The molecule has 154 valence electrons. The number of benzene rings is 2. The molecule has 0 aliphatic rings. The van der Waals surface area contributed by atoms with Gasteiger partial charge >= 0.3 is 5.97 Å². The maximum absolute atomic E-state index is 11.4. The van der Waals surface area contributed by atoms with Crippen LogP contribution in [0.1, 0.15) is 23.9 Å². The van der Waals surface area contributed by atoms with Gasteiger partial charge in [-0.1, -0.05) is 22.0 Å². The van der Waals surface area contributed by atoms with Gasteiger partial charge in [0, 0.05) is 4.47 Å². The number of H-pyrrole nitrogens is 1. The van der Waals surface area contributed by atoms with Crippen molar-refractivity contribution in [2.45, 2.75) is 13.8 Å². The second-order valence-electron chi connectivity index (χ2n) is 6.39. The Hall–Kier alpha value is -3.31. The molecule has 0 spiro atoms. The van der Waals surface area contributed by atoms with Crippen molar-refractivity contribution in [3.63, 3.8) is 0 Å². The number of halogens is 1. The maximum Gasteiger partial charge on any atom is 0.343 e. The zero-order chi connectivity index (χ0) is 21.7. The Balaban J connectivity index is 1.99. The van der Waals surface area contributed by atoms with Crippen LogP contribution in [0.5, 0.6) is 11.5 Å². The first-order chi connectivity index (χ1) is 14.4. The summed E-state index contributed by atoms with van der Waals surface area (Å²) in [5.74, 6) is 0.829. The highest BCUT2D eigenvalue weighted by Gasteiger charge is 2.14. The quantitative estimate of drug-likeness (QED) is 0.399. The lowest BCUT2D eigenvalue weighted by molar-refractivity contribution is -0.142. The minimum absolute atomic E-state index is 0.236. The van der Waals surface area contributed by atoms with Crippen molar-refractivity contribution in [2.24, 2.45) is 0 Å². The highest BCUT2D eigenvalue weighted by molar-refractivity contribution is 9.10. The van der Waals surface area contributed by atoms with Gasteiger partial charge in [0.25, 0.3) is 0 Å². The first-order valence-corrected chi connectivity index (χ1v) is 9.99. The van der Waals surface area contributed by atoms with E-state index in [9.17, 15) is 10.1 Å². The van der Waals surface area contributed by atoms with Crippen LogP contribution in [0.3, 0.4) is 0 Å². The number of aryl methyl sites for hydroxylation is 1. The molecule has 1 heterocycles. The summed E-state index contributed by atoms with van der Waals surface area (Å²) in [5.41, 5.74) is 3.84. The fraction of sp³-hybridized carbons (Fsp3) is 0.227. The third-order valence-electron chi connectivity index (χ3n) is 4.25. The maximum atomic E-state index is 11.4. The number of aromatic amines is 1. The molecule has 3 aromatic rings. The Morgan fingerprint density at radius 1 is 1.27 bits per heavy atom. The summed E-state index contributed by atoms with van der Waals surface area (Å²) in [7, 11) is 1.29. The highest BCUT2D eigenvalue weighted by Crippen LogP contribution is 2.35. The number of nitriles is 1. The van der Waals surface area contributed by atoms with E-state index in [-0.39, 0.29) is 6.61 Å². The average Bonchev–Trinajstić information content (AvgIpc) is 3.15. The molecule has 3 rings (SSSR count). The number of imidazole rings is 1. The number of rotatable bonds is 7. The van der Waals surface area contributed by atoms with Crippen molar-refractivity contribution in [3.05, 3.63) is 51.8 Å². The number of nitrogens with zero attached hydrogens (tertiary/aromatic N) is 2. The standard InChI is InChI=1S/C22H20BrN3O4/c1-4-29-19-9-14(16(23)10-20(19)30-12-21(27)28-3)8-15(11-24)22-25-17-6-5-13(2)7-18(17)26-22/h5-10H,4,12H2,1-3H3,(H,25,26). The van der Waals surface area contributed by atoms with Crippen molar-refractivity contribution in [2.75, 3.05) is 20.3 Å². The van der Waals surface area contributed by atoms with E-state index in [0.29, 0.717) is 39.5 Å². The van der Waals surface area contributed by atoms with E-state index < -0.39 is 5.97 Å². The molecule has 0 saturated heterocycles. The fourth-order valence-corrected chi connectivity index (χ4v) is 3.24. The average molecular weight is 470 g/mol. The van der Waals surface area contributed by atoms with Gasteiger partial charge in [0.1, 0.15) is 11.9 Å². The number of carbonyl (C=O) groups is 1. The van der Waals surface area contributed by atoms with Crippen molar-refractivity contribution < 1.29 is 19.0 Å². The Bertz CT molecular complexity index is 1160. The molecule has 0 bridgehead atoms.